The first-order chi connectivity index (χ1) is 17.0. The molecule has 2 heterocycles. The molecule has 8 nitrogen and oxygen atoms in total. The van der Waals surface area contributed by atoms with E-state index < -0.39 is 0 Å². The van der Waals surface area contributed by atoms with Crippen LogP contribution in [-0.4, -0.2) is 51.5 Å². The standard InChI is InChI=1S/C26H33ClN6O2/c1-17-11-31-25(28-8-9-32(14-18-2-3-18)15-19-4-5-19)26(35)33(17)16-24(34)30-12-20-6-7-23-21(10-20)22(27)13-29-23/h6-7,10-11,13,18-19,29H,2-5,8-9,12,14-16H2,1H3,(H,28,31)(H,30,34). The molecule has 0 aliphatic heterocycles. The molecule has 0 unspecified atom stereocenters. The number of aromatic amines is 1. The maximum Gasteiger partial charge on any atom is 0.293 e. The van der Waals surface area contributed by atoms with Crippen molar-refractivity contribution >= 4 is 34.2 Å². The first-order valence-electron chi connectivity index (χ1n) is 12.5. The molecular weight excluding hydrogens is 464 g/mol. The number of aromatic nitrogens is 3. The lowest BCUT2D eigenvalue weighted by Gasteiger charge is -2.22. The molecule has 5 rings (SSSR count). The summed E-state index contributed by atoms with van der Waals surface area (Å²) in [5, 5.41) is 7.69. The van der Waals surface area contributed by atoms with E-state index in [1.54, 1.807) is 19.3 Å². The van der Waals surface area contributed by atoms with Gasteiger partial charge in [0.1, 0.15) is 6.54 Å². The molecule has 0 saturated heterocycles. The number of amides is 1. The molecule has 1 aromatic carbocycles. The van der Waals surface area contributed by atoms with Crippen LogP contribution in [0.15, 0.2) is 35.4 Å². The van der Waals surface area contributed by atoms with Crippen molar-refractivity contribution in [3.05, 3.63) is 57.2 Å². The van der Waals surface area contributed by atoms with Gasteiger partial charge in [0.15, 0.2) is 5.82 Å². The molecule has 0 radical (unpaired) electrons. The summed E-state index contributed by atoms with van der Waals surface area (Å²) < 4.78 is 1.48. The van der Waals surface area contributed by atoms with E-state index >= 15 is 0 Å². The third-order valence-corrected chi connectivity index (χ3v) is 7.20. The highest BCUT2D eigenvalue weighted by molar-refractivity contribution is 6.35. The predicted octanol–water partition coefficient (Wildman–Crippen LogP) is 3.54. The molecule has 2 aromatic heterocycles. The first-order valence-corrected chi connectivity index (χ1v) is 12.9. The van der Waals surface area contributed by atoms with Gasteiger partial charge in [0, 0.05) is 61.7 Å². The number of aryl methyl sites for hydroxylation is 1. The van der Waals surface area contributed by atoms with Gasteiger partial charge >= 0.3 is 0 Å². The average molecular weight is 497 g/mol. The Labute approximate surface area is 210 Å². The van der Waals surface area contributed by atoms with Crippen molar-refractivity contribution in [1.82, 2.24) is 24.8 Å². The van der Waals surface area contributed by atoms with Crippen LogP contribution in [0.25, 0.3) is 10.9 Å². The highest BCUT2D eigenvalue weighted by atomic mass is 35.5. The van der Waals surface area contributed by atoms with Gasteiger partial charge in [-0.2, -0.15) is 0 Å². The number of halogens is 1. The monoisotopic (exact) mass is 496 g/mol. The van der Waals surface area contributed by atoms with Crippen LogP contribution in [0, 0.1) is 18.8 Å². The van der Waals surface area contributed by atoms with E-state index in [0.29, 0.717) is 29.6 Å². The van der Waals surface area contributed by atoms with E-state index in [9.17, 15) is 9.59 Å². The van der Waals surface area contributed by atoms with Gasteiger partial charge in [-0.1, -0.05) is 17.7 Å². The lowest BCUT2D eigenvalue weighted by atomic mass is 10.1. The summed E-state index contributed by atoms with van der Waals surface area (Å²) in [6.07, 6.45) is 8.76. The summed E-state index contributed by atoms with van der Waals surface area (Å²) in [6, 6.07) is 5.84. The molecule has 2 aliphatic rings. The van der Waals surface area contributed by atoms with E-state index in [4.69, 9.17) is 11.6 Å². The van der Waals surface area contributed by atoms with Gasteiger partial charge in [-0.15, -0.1) is 0 Å². The van der Waals surface area contributed by atoms with Crippen molar-refractivity contribution < 1.29 is 4.79 Å². The number of H-pyrrole nitrogens is 1. The van der Waals surface area contributed by atoms with Crippen LogP contribution in [0.3, 0.4) is 0 Å². The summed E-state index contributed by atoms with van der Waals surface area (Å²) >= 11 is 6.20. The largest absolute Gasteiger partial charge is 0.364 e. The number of carbonyl (C=O) groups is 1. The summed E-state index contributed by atoms with van der Waals surface area (Å²) in [5.74, 6) is 1.77. The number of anilines is 1. The lowest BCUT2D eigenvalue weighted by molar-refractivity contribution is -0.121. The van der Waals surface area contributed by atoms with Crippen LogP contribution >= 0.6 is 11.6 Å². The smallest absolute Gasteiger partial charge is 0.293 e. The van der Waals surface area contributed by atoms with E-state index in [-0.39, 0.29) is 18.0 Å². The van der Waals surface area contributed by atoms with Crippen LogP contribution < -0.4 is 16.2 Å². The zero-order valence-electron chi connectivity index (χ0n) is 20.1. The minimum absolute atomic E-state index is 0.0511. The third kappa shape index (κ3) is 6.24. The molecule has 2 fully saturated rings. The van der Waals surface area contributed by atoms with E-state index in [1.807, 2.05) is 18.2 Å². The number of benzene rings is 1. The molecule has 1 amide bonds. The number of fused-ring (bicyclic) bond motifs is 1. The number of nitrogens with zero attached hydrogens (tertiary/aromatic N) is 3. The zero-order valence-corrected chi connectivity index (χ0v) is 20.9. The van der Waals surface area contributed by atoms with Crippen LogP contribution in [-0.2, 0) is 17.9 Å². The molecule has 3 N–H and O–H groups in total. The van der Waals surface area contributed by atoms with Gasteiger partial charge in [0.05, 0.1) is 5.02 Å². The Morgan fingerprint density at radius 2 is 1.97 bits per heavy atom. The fourth-order valence-corrected chi connectivity index (χ4v) is 4.66. The van der Waals surface area contributed by atoms with E-state index in [0.717, 1.165) is 47.9 Å². The van der Waals surface area contributed by atoms with Crippen molar-refractivity contribution in [2.75, 3.05) is 31.5 Å². The molecule has 0 spiro atoms. The Morgan fingerprint density at radius 1 is 1.23 bits per heavy atom. The first kappa shape index (κ1) is 23.9. The molecule has 0 bridgehead atoms. The fourth-order valence-electron chi connectivity index (χ4n) is 4.45. The zero-order chi connectivity index (χ0) is 24.4. The summed E-state index contributed by atoms with van der Waals surface area (Å²) in [6.45, 7) is 5.99. The Kier molecular flexibility index (Phi) is 7.11. The van der Waals surface area contributed by atoms with Gasteiger partial charge in [-0.25, -0.2) is 4.98 Å². The van der Waals surface area contributed by atoms with Crippen molar-refractivity contribution in [2.45, 2.75) is 45.7 Å². The van der Waals surface area contributed by atoms with Crippen LogP contribution in [0.1, 0.15) is 36.9 Å². The second-order valence-electron chi connectivity index (χ2n) is 10.0. The molecule has 2 saturated carbocycles. The molecule has 186 valence electrons. The Hall–Kier alpha value is -2.84. The van der Waals surface area contributed by atoms with Crippen LogP contribution in [0.4, 0.5) is 5.82 Å². The minimum Gasteiger partial charge on any atom is -0.364 e. The Morgan fingerprint density at radius 3 is 2.69 bits per heavy atom. The van der Waals surface area contributed by atoms with Gasteiger partial charge in [-0.3, -0.25) is 14.2 Å². The predicted molar refractivity (Wildman–Crippen MR) is 139 cm³/mol. The van der Waals surface area contributed by atoms with E-state index in [2.05, 4.69) is 25.5 Å². The number of hydrogen-bond acceptors (Lipinski definition) is 5. The SMILES string of the molecule is Cc1cnc(NCCN(CC2CC2)CC2CC2)c(=O)n1CC(=O)NCc1ccc2[nH]cc(Cl)c2c1. The highest BCUT2D eigenvalue weighted by Gasteiger charge is 2.28. The molecule has 2 aliphatic carbocycles. The van der Waals surface area contributed by atoms with E-state index in [1.165, 1.54) is 30.3 Å². The fraction of sp³-hybridized carbons (Fsp3) is 0.500. The molecule has 3 aromatic rings. The maximum absolute atomic E-state index is 13.0. The number of carbonyl (C=O) groups excluding carboxylic acids is 1. The molecule has 35 heavy (non-hydrogen) atoms. The van der Waals surface area contributed by atoms with Gasteiger partial charge in [0.2, 0.25) is 5.91 Å². The molecular formula is C26H33ClN6O2. The topological polar surface area (TPSA) is 95.1 Å². The van der Waals surface area contributed by atoms with Crippen molar-refractivity contribution in [3.63, 3.8) is 0 Å². The van der Waals surface area contributed by atoms with Crippen molar-refractivity contribution in [2.24, 2.45) is 11.8 Å². The minimum atomic E-state index is -0.267. The molecule has 0 atom stereocenters. The lowest BCUT2D eigenvalue weighted by Crippen LogP contribution is -2.36. The molecule has 9 heteroatoms. The highest BCUT2D eigenvalue weighted by Crippen LogP contribution is 2.33. The Balaban J connectivity index is 1.16. The third-order valence-electron chi connectivity index (χ3n) is 6.89. The van der Waals surface area contributed by atoms with Gasteiger partial charge in [0.25, 0.3) is 5.56 Å². The van der Waals surface area contributed by atoms with Crippen molar-refractivity contribution in [3.8, 4) is 0 Å². The quantitative estimate of drug-likeness (QED) is 0.356. The normalized spacial score (nSPS) is 15.6. The average Bonchev–Trinajstić information content (AvgIpc) is 3.78. The van der Waals surface area contributed by atoms with Crippen LogP contribution in [0.5, 0.6) is 0 Å². The number of nitrogens with one attached hydrogen (secondary N) is 3. The van der Waals surface area contributed by atoms with Gasteiger partial charge in [-0.05, 0) is 62.1 Å². The summed E-state index contributed by atoms with van der Waals surface area (Å²) in [4.78, 5) is 35.6. The number of hydrogen-bond donors (Lipinski definition) is 3. The summed E-state index contributed by atoms with van der Waals surface area (Å²) in [5.41, 5.74) is 2.28. The maximum atomic E-state index is 13.0. The Bertz CT molecular complexity index is 1250. The van der Waals surface area contributed by atoms with Crippen LogP contribution in [0.2, 0.25) is 5.02 Å². The van der Waals surface area contributed by atoms with Gasteiger partial charge < -0.3 is 20.5 Å². The second kappa shape index (κ2) is 10.4. The van der Waals surface area contributed by atoms with Crippen molar-refractivity contribution in [1.29, 1.82) is 0 Å². The second-order valence-corrected chi connectivity index (χ2v) is 10.4. The summed E-state index contributed by atoms with van der Waals surface area (Å²) in [7, 11) is 0. The number of rotatable bonds is 12.